The zero-order valence-electron chi connectivity index (χ0n) is 48.8. The number of carboxylic acids is 1. The lowest BCUT2D eigenvalue weighted by atomic mass is 9.89. The van der Waals surface area contributed by atoms with E-state index >= 15 is 9.59 Å². The van der Waals surface area contributed by atoms with Crippen LogP contribution in [-0.2, 0) is 75.8 Å². The lowest BCUT2D eigenvalue weighted by Crippen LogP contribution is -2.55. The van der Waals surface area contributed by atoms with Crippen LogP contribution in [0.4, 0.5) is 4.79 Å². The van der Waals surface area contributed by atoms with Crippen molar-refractivity contribution in [3.05, 3.63) is 207 Å². The van der Waals surface area contributed by atoms with Crippen LogP contribution in [0.5, 0.6) is 46.0 Å². The molecule has 13 N–H and O–H groups in total. The first kappa shape index (κ1) is 65.1. The number of imidazole rings is 1. The first-order valence-electron chi connectivity index (χ1n) is 28.4. The number of nitrogens with zero attached hydrogens (tertiary/aromatic N) is 2. The van der Waals surface area contributed by atoms with Crippen molar-refractivity contribution < 1.29 is 87.9 Å². The molecule has 93 heavy (non-hydrogen) atoms. The fraction of sp³-hybridized carbons (Fsp3) is 0.200. The van der Waals surface area contributed by atoms with Crippen LogP contribution in [-0.4, -0.2) is 107 Å². The number of aromatic nitrogens is 2. The molecule has 7 atom stereocenters. The van der Waals surface area contributed by atoms with Crippen molar-refractivity contribution in [1.82, 2.24) is 36.1 Å². The van der Waals surface area contributed by atoms with Gasteiger partial charge in [0.2, 0.25) is 29.4 Å². The SMILES string of the molecule is COC(=O)[C@H]1NC(=O)[C@H]2NC(=O)[C@H](NC(=O)[C@H](NC(=O)[C@@H](N)Cc3cn(COCc4ccccc4)cn3)c3cc(Oc4ccc(C[C@@H](NC(=O)OCc5ccccc5)C(=O)O)cc4Cl)c(O)c(c3)Oc3ccc(cc3Cl)[C@H]2O)c2ccc(O)c(c2)-c2c(O)cc(O)cc21. The molecule has 26 nitrogen and oxygen atoms in total. The third-order valence-electron chi connectivity index (χ3n) is 15.0. The molecule has 3 aliphatic heterocycles. The van der Waals surface area contributed by atoms with Gasteiger partial charge in [-0.05, 0) is 88.0 Å². The van der Waals surface area contributed by atoms with Gasteiger partial charge in [0.15, 0.2) is 17.5 Å². The molecule has 7 aromatic carbocycles. The highest BCUT2D eigenvalue weighted by atomic mass is 35.5. The number of aliphatic hydroxyl groups excluding tert-OH is 1. The van der Waals surface area contributed by atoms with Crippen molar-refractivity contribution in [1.29, 1.82) is 0 Å². The predicted molar refractivity (Wildman–Crippen MR) is 330 cm³/mol. The highest BCUT2D eigenvalue weighted by molar-refractivity contribution is 6.32. The molecule has 0 saturated heterocycles. The van der Waals surface area contributed by atoms with Gasteiger partial charge >= 0.3 is 18.0 Å². The number of carboxylic acid groups (broad SMARTS) is 1. The first-order valence-corrected chi connectivity index (χ1v) is 29.1. The number of methoxy groups -OCH3 is 1. The highest BCUT2D eigenvalue weighted by Crippen LogP contribution is 2.47. The summed E-state index contributed by atoms with van der Waals surface area (Å²) >= 11 is 13.7. The molecule has 5 amide bonds. The molecule has 11 rings (SSSR count). The topological polar surface area (TPSA) is 391 Å². The molecule has 0 fully saturated rings. The summed E-state index contributed by atoms with van der Waals surface area (Å²) in [6, 6.07) is 22.3. The number of alkyl carbamates (subject to hydrolysis) is 1. The first-order chi connectivity index (χ1) is 44.6. The number of aromatic hydroxyl groups is 4. The van der Waals surface area contributed by atoms with E-state index in [1.165, 1.54) is 42.7 Å². The van der Waals surface area contributed by atoms with Crippen LogP contribution in [0.3, 0.4) is 0 Å². The lowest BCUT2D eigenvalue weighted by molar-refractivity contribution is -0.146. The Bertz CT molecular complexity index is 4180. The second-order valence-electron chi connectivity index (χ2n) is 21.5. The van der Waals surface area contributed by atoms with E-state index in [1.807, 2.05) is 30.3 Å². The lowest BCUT2D eigenvalue weighted by Gasteiger charge is -2.31. The summed E-state index contributed by atoms with van der Waals surface area (Å²) in [6.45, 7) is 0.230. The van der Waals surface area contributed by atoms with Crippen LogP contribution in [0.1, 0.15) is 68.9 Å². The summed E-state index contributed by atoms with van der Waals surface area (Å²) in [7, 11) is 0.979. The smallest absolute Gasteiger partial charge is 0.408 e. The maximum atomic E-state index is 15.5. The molecular weight excluding hydrogens is 1250 g/mol. The van der Waals surface area contributed by atoms with Crippen molar-refractivity contribution in [2.24, 2.45) is 5.73 Å². The number of aliphatic hydroxyl groups is 1. The number of phenolic OH excluding ortho intramolecular Hbond substituents is 4. The Kier molecular flexibility index (Phi) is 19.9. The molecule has 4 heterocycles. The Balaban J connectivity index is 1.05. The fourth-order valence-corrected chi connectivity index (χ4v) is 10.7. The number of hydrogen-bond donors (Lipinski definition) is 12. The Morgan fingerprint density at radius 3 is 2.14 bits per heavy atom. The van der Waals surface area contributed by atoms with Gasteiger partial charge in [-0.25, -0.2) is 19.4 Å². The maximum Gasteiger partial charge on any atom is 0.408 e. The Labute approximate surface area is 538 Å². The minimum absolute atomic E-state index is 0.0788. The molecule has 1 aromatic heterocycles. The number of phenols is 4. The maximum absolute atomic E-state index is 15.5. The van der Waals surface area contributed by atoms with Gasteiger partial charge in [0.05, 0.1) is 41.8 Å². The highest BCUT2D eigenvalue weighted by Gasteiger charge is 2.40. The molecule has 0 spiro atoms. The van der Waals surface area contributed by atoms with Crippen molar-refractivity contribution in [3.8, 4) is 57.1 Å². The number of fused-ring (bicyclic) bond motifs is 8. The number of benzene rings is 7. The number of amides is 5. The van der Waals surface area contributed by atoms with E-state index < -0.39 is 119 Å². The van der Waals surface area contributed by atoms with Crippen LogP contribution in [0, 0.1) is 0 Å². The van der Waals surface area contributed by atoms with Gasteiger partial charge in [0, 0.05) is 41.8 Å². The van der Waals surface area contributed by atoms with Crippen LogP contribution in [0.25, 0.3) is 11.1 Å². The van der Waals surface area contributed by atoms with E-state index in [1.54, 1.807) is 41.1 Å². The molecule has 8 aromatic rings. The van der Waals surface area contributed by atoms with Gasteiger partial charge in [-0.2, -0.15) is 0 Å². The Hall–Kier alpha value is -10.9. The second kappa shape index (κ2) is 28.5. The standard InChI is InChI=1S/C65H58Cl2N8O18/c1-89-64(87)55-41-25-39(76)26-47(78)52(41)40-20-35(13-15-46(40)77)53-60(82)74-56(62(84)73-55)57(79)36-14-17-49(43(67)21-36)93-51-23-37(54(61(83)72-53)71-59(81)44(68)24-38-27-75(30-69-38)31-90-28-32-8-4-2-5-9-32)22-50(58(51)80)92-48-16-12-34(18-42(48)66)19-45(63(85)86)70-65(88)91-29-33-10-6-3-7-11-33/h2-18,20-23,25-27,30,44-45,53-57,76-80H,19,24,28-29,31,68H2,1H3,(H,70,88)(H,71,81)(H,72,83)(H,73,84)(H,74,82)(H,85,86)/t44-,45+,53+,54+,55-,56-,57+/m0/s1. The van der Waals surface area contributed by atoms with Crippen LogP contribution < -0.4 is 41.8 Å². The minimum Gasteiger partial charge on any atom is -0.508 e. The minimum atomic E-state index is -2.10. The number of ether oxygens (including phenoxy) is 5. The van der Waals surface area contributed by atoms with Gasteiger partial charge in [0.25, 0.3) is 0 Å². The fourth-order valence-electron chi connectivity index (χ4n) is 10.3. The summed E-state index contributed by atoms with van der Waals surface area (Å²) in [5, 5.41) is 80.2. The molecule has 0 unspecified atom stereocenters. The van der Waals surface area contributed by atoms with Crippen molar-refractivity contribution >= 4 is 64.9 Å². The van der Waals surface area contributed by atoms with Crippen LogP contribution in [0.15, 0.2) is 152 Å². The number of aliphatic carboxylic acids is 1. The average Bonchev–Trinajstić information content (AvgIpc) is 1.44. The molecule has 0 aliphatic carbocycles. The Morgan fingerprint density at radius 1 is 0.720 bits per heavy atom. The zero-order valence-corrected chi connectivity index (χ0v) is 50.3. The van der Waals surface area contributed by atoms with E-state index in [0.29, 0.717) is 11.3 Å². The third-order valence-corrected chi connectivity index (χ3v) is 15.6. The largest absolute Gasteiger partial charge is 0.508 e. The number of carbonyl (C=O) groups excluding carboxylic acids is 6. The van der Waals surface area contributed by atoms with Gasteiger partial charge in [0.1, 0.15) is 72.4 Å². The normalized spacial score (nSPS) is 17.5. The van der Waals surface area contributed by atoms with E-state index in [4.69, 9.17) is 52.6 Å². The van der Waals surface area contributed by atoms with E-state index in [0.717, 1.165) is 55.1 Å². The van der Waals surface area contributed by atoms with Gasteiger partial charge in [-0.15, -0.1) is 0 Å². The summed E-state index contributed by atoms with van der Waals surface area (Å²) in [5.41, 5.74) is 7.18. The number of nitrogens with one attached hydrogen (secondary N) is 5. The molecule has 0 saturated carbocycles. The van der Waals surface area contributed by atoms with Gasteiger partial charge < -0.3 is 91.2 Å². The molecule has 3 aliphatic rings. The van der Waals surface area contributed by atoms with Crippen molar-refractivity contribution in [3.63, 3.8) is 0 Å². The van der Waals surface area contributed by atoms with Gasteiger partial charge in [-0.1, -0.05) is 102 Å². The number of esters is 1. The number of carbonyl (C=O) groups is 7. The third kappa shape index (κ3) is 15.3. The number of nitrogens with two attached hydrogens (primary N) is 1. The zero-order chi connectivity index (χ0) is 66.2. The van der Waals surface area contributed by atoms with E-state index in [-0.39, 0.29) is 93.3 Å². The molecule has 0 radical (unpaired) electrons. The predicted octanol–water partition coefficient (Wildman–Crippen LogP) is 6.82. The summed E-state index contributed by atoms with van der Waals surface area (Å²) < 4.78 is 30.2. The monoisotopic (exact) mass is 1310 g/mol. The number of rotatable bonds is 17. The summed E-state index contributed by atoms with van der Waals surface area (Å²) in [5.74, 6) is -11.4. The van der Waals surface area contributed by atoms with E-state index in [2.05, 4.69) is 31.6 Å². The average molecular weight is 1310 g/mol. The quantitative estimate of drug-likeness (QED) is 0.0416. The Morgan fingerprint density at radius 2 is 1.44 bits per heavy atom. The number of halogens is 2. The van der Waals surface area contributed by atoms with Crippen LogP contribution in [0.2, 0.25) is 10.0 Å². The molecule has 480 valence electrons. The van der Waals surface area contributed by atoms with Gasteiger partial charge in [-0.3, -0.25) is 19.2 Å². The van der Waals surface area contributed by atoms with Crippen molar-refractivity contribution in [2.45, 2.75) is 75.1 Å². The van der Waals surface area contributed by atoms with Crippen molar-refractivity contribution in [2.75, 3.05) is 7.11 Å². The summed E-state index contributed by atoms with van der Waals surface area (Å²) in [6.07, 6.45) is -0.530. The number of hydrogen-bond acceptors (Lipinski definition) is 19. The summed E-state index contributed by atoms with van der Waals surface area (Å²) in [4.78, 5) is 103. The van der Waals surface area contributed by atoms with Crippen LogP contribution >= 0.6 is 23.2 Å². The van der Waals surface area contributed by atoms with E-state index in [9.17, 15) is 54.6 Å². The molecule has 8 bridgehead atoms. The second-order valence-corrected chi connectivity index (χ2v) is 22.3. The molecule has 28 heteroatoms. The molecular formula is C65H58Cl2N8O18.